The van der Waals surface area contributed by atoms with Gasteiger partial charge in [0.05, 0.1) is 13.2 Å². The molecule has 1 aliphatic heterocycles. The third kappa shape index (κ3) is 2.11. The molecule has 2 rings (SSSR count). The standard InChI is InChI=1S/C11H16N2OS/c1-11(2,3)10-12-8-4-5-14-6-7(8)9(15)13-10/h4-6H2,1-3H3,(H,12,13,15). The molecule has 0 spiro atoms. The van der Waals surface area contributed by atoms with Gasteiger partial charge in [-0.3, -0.25) is 0 Å². The van der Waals surface area contributed by atoms with Crippen molar-refractivity contribution in [2.75, 3.05) is 6.61 Å². The minimum Gasteiger partial charge on any atom is -0.376 e. The first-order valence-electron chi connectivity index (χ1n) is 5.19. The van der Waals surface area contributed by atoms with E-state index < -0.39 is 0 Å². The molecular formula is C11H16N2OS. The van der Waals surface area contributed by atoms with Crippen LogP contribution in [0.2, 0.25) is 0 Å². The molecule has 0 atom stereocenters. The van der Waals surface area contributed by atoms with Crippen molar-refractivity contribution in [1.29, 1.82) is 0 Å². The van der Waals surface area contributed by atoms with E-state index in [0.717, 1.165) is 24.4 Å². The maximum absolute atomic E-state index is 5.38. The third-order valence-electron chi connectivity index (χ3n) is 2.56. The quantitative estimate of drug-likeness (QED) is 0.688. The number of nitrogens with zero attached hydrogens (tertiary/aromatic N) is 1. The number of aromatic nitrogens is 2. The third-order valence-corrected chi connectivity index (χ3v) is 2.90. The average molecular weight is 224 g/mol. The van der Waals surface area contributed by atoms with Gasteiger partial charge in [-0.25, -0.2) is 4.98 Å². The van der Waals surface area contributed by atoms with Gasteiger partial charge in [0.15, 0.2) is 0 Å². The van der Waals surface area contributed by atoms with Crippen LogP contribution in [0.4, 0.5) is 0 Å². The fourth-order valence-electron chi connectivity index (χ4n) is 1.61. The lowest BCUT2D eigenvalue weighted by Crippen LogP contribution is -2.21. The van der Waals surface area contributed by atoms with E-state index in [1.807, 2.05) is 0 Å². The van der Waals surface area contributed by atoms with Gasteiger partial charge in [0.2, 0.25) is 0 Å². The summed E-state index contributed by atoms with van der Waals surface area (Å²) in [4.78, 5) is 7.82. The largest absolute Gasteiger partial charge is 0.376 e. The van der Waals surface area contributed by atoms with Crippen LogP contribution in [0.15, 0.2) is 0 Å². The highest BCUT2D eigenvalue weighted by Gasteiger charge is 2.20. The average Bonchev–Trinajstić information content (AvgIpc) is 2.16. The number of fused-ring (bicyclic) bond motifs is 1. The second kappa shape index (κ2) is 3.68. The molecule has 0 bridgehead atoms. The molecule has 0 unspecified atom stereocenters. The summed E-state index contributed by atoms with van der Waals surface area (Å²) in [5.41, 5.74) is 2.27. The Bertz CT molecular complexity index is 431. The minimum absolute atomic E-state index is 0.0148. The lowest BCUT2D eigenvalue weighted by atomic mass is 9.95. The van der Waals surface area contributed by atoms with E-state index in [0.29, 0.717) is 11.2 Å². The number of nitrogens with one attached hydrogen (secondary N) is 1. The van der Waals surface area contributed by atoms with Crippen LogP contribution in [0, 0.1) is 4.64 Å². The highest BCUT2D eigenvalue weighted by molar-refractivity contribution is 7.71. The second-order valence-electron chi connectivity index (χ2n) is 4.90. The Kier molecular flexibility index (Phi) is 2.64. The molecule has 82 valence electrons. The van der Waals surface area contributed by atoms with Gasteiger partial charge in [0.1, 0.15) is 10.5 Å². The topological polar surface area (TPSA) is 37.9 Å². The van der Waals surface area contributed by atoms with Gasteiger partial charge < -0.3 is 9.72 Å². The first-order valence-corrected chi connectivity index (χ1v) is 5.59. The van der Waals surface area contributed by atoms with E-state index in [1.165, 1.54) is 5.69 Å². The monoisotopic (exact) mass is 224 g/mol. The molecule has 0 aromatic carbocycles. The predicted octanol–water partition coefficient (Wildman–Crippen LogP) is 2.51. The summed E-state index contributed by atoms with van der Waals surface area (Å²) >= 11 is 5.28. The van der Waals surface area contributed by atoms with Crippen LogP contribution in [-0.4, -0.2) is 16.6 Å². The zero-order valence-electron chi connectivity index (χ0n) is 9.39. The van der Waals surface area contributed by atoms with Crippen LogP contribution >= 0.6 is 12.2 Å². The smallest absolute Gasteiger partial charge is 0.135 e. The Morgan fingerprint density at radius 2 is 2.13 bits per heavy atom. The first kappa shape index (κ1) is 10.8. The molecule has 1 aromatic rings. The first-order chi connectivity index (χ1) is 6.98. The molecule has 0 saturated carbocycles. The molecule has 0 saturated heterocycles. The molecule has 1 aromatic heterocycles. The van der Waals surface area contributed by atoms with Crippen LogP contribution in [-0.2, 0) is 23.2 Å². The van der Waals surface area contributed by atoms with Gasteiger partial charge in [0.25, 0.3) is 0 Å². The van der Waals surface area contributed by atoms with Crippen molar-refractivity contribution < 1.29 is 4.74 Å². The number of hydrogen-bond acceptors (Lipinski definition) is 3. The molecule has 4 heteroatoms. The number of H-pyrrole nitrogens is 1. The molecule has 15 heavy (non-hydrogen) atoms. The van der Waals surface area contributed by atoms with Crippen molar-refractivity contribution in [3.8, 4) is 0 Å². The van der Waals surface area contributed by atoms with Crippen molar-refractivity contribution >= 4 is 12.2 Å². The van der Waals surface area contributed by atoms with E-state index in [9.17, 15) is 0 Å². The Morgan fingerprint density at radius 3 is 2.80 bits per heavy atom. The van der Waals surface area contributed by atoms with Gasteiger partial charge in [-0.2, -0.15) is 0 Å². The summed E-state index contributed by atoms with van der Waals surface area (Å²) in [7, 11) is 0. The zero-order valence-corrected chi connectivity index (χ0v) is 10.2. The van der Waals surface area contributed by atoms with Crippen molar-refractivity contribution in [3.05, 3.63) is 21.7 Å². The van der Waals surface area contributed by atoms with E-state index in [2.05, 4.69) is 30.7 Å². The summed E-state index contributed by atoms with van der Waals surface area (Å²) in [6, 6.07) is 0. The Balaban J connectivity index is 2.55. The fourth-order valence-corrected chi connectivity index (χ4v) is 1.88. The second-order valence-corrected chi connectivity index (χ2v) is 5.29. The van der Waals surface area contributed by atoms with Crippen LogP contribution < -0.4 is 0 Å². The molecule has 3 nitrogen and oxygen atoms in total. The van der Waals surface area contributed by atoms with Crippen LogP contribution in [0.1, 0.15) is 37.9 Å². The molecule has 0 amide bonds. The maximum Gasteiger partial charge on any atom is 0.135 e. The van der Waals surface area contributed by atoms with Gasteiger partial charge in [-0.15, -0.1) is 0 Å². The van der Waals surface area contributed by atoms with Crippen molar-refractivity contribution in [3.63, 3.8) is 0 Å². The van der Waals surface area contributed by atoms with Crippen molar-refractivity contribution in [1.82, 2.24) is 9.97 Å². The van der Waals surface area contributed by atoms with Crippen molar-refractivity contribution in [2.45, 2.75) is 39.2 Å². The molecule has 1 aliphatic rings. The molecule has 0 radical (unpaired) electrons. The lowest BCUT2D eigenvalue weighted by molar-refractivity contribution is 0.108. The molecule has 0 fully saturated rings. The number of aromatic amines is 1. The molecular weight excluding hydrogens is 208 g/mol. The number of rotatable bonds is 0. The van der Waals surface area contributed by atoms with E-state index in [-0.39, 0.29) is 5.41 Å². The molecule has 1 N–H and O–H groups in total. The van der Waals surface area contributed by atoms with Crippen LogP contribution in [0.5, 0.6) is 0 Å². The van der Waals surface area contributed by atoms with Crippen LogP contribution in [0.3, 0.4) is 0 Å². The SMILES string of the molecule is CC(C)(C)c1nc(=S)c2c([nH]1)CCOC2. The summed E-state index contributed by atoms with van der Waals surface area (Å²) in [6.07, 6.45) is 0.907. The van der Waals surface area contributed by atoms with Gasteiger partial charge in [-0.05, 0) is 0 Å². The highest BCUT2D eigenvalue weighted by Crippen LogP contribution is 2.22. The minimum atomic E-state index is 0.0148. The van der Waals surface area contributed by atoms with E-state index >= 15 is 0 Å². The van der Waals surface area contributed by atoms with Crippen LogP contribution in [0.25, 0.3) is 0 Å². The summed E-state index contributed by atoms with van der Waals surface area (Å²) in [6.45, 7) is 7.76. The van der Waals surface area contributed by atoms with E-state index in [4.69, 9.17) is 17.0 Å². The number of hydrogen-bond donors (Lipinski definition) is 1. The summed E-state index contributed by atoms with van der Waals surface area (Å²) in [5, 5.41) is 0. The fraction of sp³-hybridized carbons (Fsp3) is 0.636. The zero-order chi connectivity index (χ0) is 11.1. The van der Waals surface area contributed by atoms with Crippen molar-refractivity contribution in [2.24, 2.45) is 0 Å². The Morgan fingerprint density at radius 1 is 1.40 bits per heavy atom. The summed E-state index contributed by atoms with van der Waals surface area (Å²) in [5.74, 6) is 0.966. The molecule has 2 heterocycles. The van der Waals surface area contributed by atoms with Gasteiger partial charge in [0, 0.05) is 23.1 Å². The lowest BCUT2D eigenvalue weighted by Gasteiger charge is -2.22. The van der Waals surface area contributed by atoms with E-state index in [1.54, 1.807) is 0 Å². The Labute approximate surface area is 94.9 Å². The predicted molar refractivity (Wildman–Crippen MR) is 61.5 cm³/mol. The highest BCUT2D eigenvalue weighted by atomic mass is 32.1. The normalized spacial score (nSPS) is 16.2. The molecule has 0 aliphatic carbocycles. The maximum atomic E-state index is 5.38. The van der Waals surface area contributed by atoms with Gasteiger partial charge in [-0.1, -0.05) is 33.0 Å². The van der Waals surface area contributed by atoms with Gasteiger partial charge >= 0.3 is 0 Å². The number of ether oxygens (including phenoxy) is 1. The summed E-state index contributed by atoms with van der Waals surface area (Å²) < 4.78 is 6.06. The Hall–Kier alpha value is -0.740.